The van der Waals surface area contributed by atoms with Gasteiger partial charge in [0.1, 0.15) is 17.1 Å². The first kappa shape index (κ1) is 25.2. The van der Waals surface area contributed by atoms with Crippen molar-refractivity contribution >= 4 is 57.7 Å². The molecule has 0 radical (unpaired) electrons. The molecule has 3 N–H and O–H groups in total. The zero-order valence-corrected chi connectivity index (χ0v) is 20.5. The summed E-state index contributed by atoms with van der Waals surface area (Å²) in [6.45, 7) is 4.24. The smallest absolute Gasteiger partial charge is 0.341 e. The third-order valence-electron chi connectivity index (χ3n) is 5.31. The first-order valence-corrected chi connectivity index (χ1v) is 11.5. The van der Waals surface area contributed by atoms with Crippen molar-refractivity contribution in [1.29, 1.82) is 0 Å². The molecule has 2 aromatic rings. The maximum atomic E-state index is 13.1. The number of urea groups is 1. The zero-order valence-electron chi connectivity index (χ0n) is 18.9. The Morgan fingerprint density at radius 1 is 1.21 bits per heavy atom. The van der Waals surface area contributed by atoms with Gasteiger partial charge in [-0.25, -0.2) is 9.59 Å². The molecule has 0 bridgehead atoms. The van der Waals surface area contributed by atoms with Crippen LogP contribution in [0.5, 0.6) is 0 Å². The minimum Gasteiger partial charge on any atom is -0.462 e. The molecule has 10 nitrogen and oxygen atoms in total. The number of nitrogens with zero attached hydrogens (tertiary/aromatic N) is 1. The molecule has 34 heavy (non-hydrogen) atoms. The van der Waals surface area contributed by atoms with Gasteiger partial charge in [0.15, 0.2) is 0 Å². The highest BCUT2D eigenvalue weighted by atomic mass is 35.5. The van der Waals surface area contributed by atoms with E-state index >= 15 is 0 Å². The Morgan fingerprint density at radius 3 is 2.44 bits per heavy atom. The number of amides is 5. The number of nitrogens with one attached hydrogen (secondary N) is 3. The first-order chi connectivity index (χ1) is 16.0. The molecule has 3 rings (SSSR count). The van der Waals surface area contributed by atoms with Crippen molar-refractivity contribution in [3.05, 3.63) is 50.9 Å². The van der Waals surface area contributed by atoms with Crippen LogP contribution in [0.1, 0.15) is 45.0 Å². The molecule has 1 fully saturated rings. The average molecular weight is 507 g/mol. The number of anilines is 1. The monoisotopic (exact) mass is 506 g/mol. The fourth-order valence-electron chi connectivity index (χ4n) is 3.51. The van der Waals surface area contributed by atoms with Crippen molar-refractivity contribution in [1.82, 2.24) is 15.5 Å². The van der Waals surface area contributed by atoms with Crippen molar-refractivity contribution in [2.45, 2.75) is 26.3 Å². The van der Waals surface area contributed by atoms with E-state index in [4.69, 9.17) is 16.3 Å². The van der Waals surface area contributed by atoms with Crippen LogP contribution >= 0.6 is 22.9 Å². The lowest BCUT2D eigenvalue weighted by molar-refractivity contribution is -0.133. The van der Waals surface area contributed by atoms with Gasteiger partial charge >= 0.3 is 12.0 Å². The number of halogens is 1. The van der Waals surface area contributed by atoms with Crippen molar-refractivity contribution in [3.8, 4) is 0 Å². The highest BCUT2D eigenvalue weighted by Gasteiger charge is 2.49. The number of benzene rings is 1. The number of hydrogen-bond donors (Lipinski definition) is 3. The Kier molecular flexibility index (Phi) is 7.27. The normalized spacial score (nSPS) is 17.4. The fraction of sp³-hybridized carbons (Fsp3) is 0.318. The lowest BCUT2D eigenvalue weighted by Crippen LogP contribution is -2.42. The maximum Gasteiger partial charge on any atom is 0.341 e. The highest BCUT2D eigenvalue weighted by Crippen LogP contribution is 2.34. The number of esters is 1. The van der Waals surface area contributed by atoms with Crippen LogP contribution in [0.3, 0.4) is 0 Å². The zero-order chi connectivity index (χ0) is 25.2. The average Bonchev–Trinajstić information content (AvgIpc) is 3.22. The van der Waals surface area contributed by atoms with E-state index in [1.165, 1.54) is 14.0 Å². The Morgan fingerprint density at radius 2 is 1.85 bits per heavy atom. The SMILES string of the molecule is CCOC(=O)c1c(NC(=O)CN2C(=O)N[C@](C)(c3ccc(Cl)cc3)C2=O)sc(C(=O)NC)c1C. The molecule has 12 heteroatoms. The van der Waals surface area contributed by atoms with Crippen LogP contribution in [0.25, 0.3) is 0 Å². The van der Waals surface area contributed by atoms with Gasteiger partial charge in [-0.05, 0) is 44.0 Å². The predicted octanol–water partition coefficient (Wildman–Crippen LogP) is 2.65. The molecular weight excluding hydrogens is 484 g/mol. The quantitative estimate of drug-likeness (QED) is 0.390. The molecule has 0 spiro atoms. The van der Waals surface area contributed by atoms with Gasteiger partial charge < -0.3 is 20.7 Å². The fourth-order valence-corrected chi connectivity index (χ4v) is 4.79. The van der Waals surface area contributed by atoms with Crippen LogP contribution in [0, 0.1) is 6.92 Å². The lowest BCUT2D eigenvalue weighted by atomic mass is 9.92. The van der Waals surface area contributed by atoms with E-state index < -0.39 is 41.8 Å². The number of imide groups is 1. The molecule has 1 aliphatic rings. The van der Waals surface area contributed by atoms with E-state index in [0.717, 1.165) is 16.2 Å². The summed E-state index contributed by atoms with van der Waals surface area (Å²) < 4.78 is 5.06. The molecule has 1 aliphatic heterocycles. The molecule has 5 amide bonds. The summed E-state index contributed by atoms with van der Waals surface area (Å²) in [7, 11) is 1.44. The summed E-state index contributed by atoms with van der Waals surface area (Å²) in [5.74, 6) is -2.47. The van der Waals surface area contributed by atoms with E-state index in [2.05, 4.69) is 16.0 Å². The van der Waals surface area contributed by atoms with Crippen LogP contribution in [0.2, 0.25) is 5.02 Å². The minimum atomic E-state index is -1.37. The number of ether oxygens (including phenoxy) is 1. The number of carbonyl (C=O) groups is 5. The molecule has 1 atom stereocenters. The van der Waals surface area contributed by atoms with Gasteiger partial charge in [-0.1, -0.05) is 23.7 Å². The molecule has 1 aromatic carbocycles. The molecule has 0 saturated carbocycles. The lowest BCUT2D eigenvalue weighted by Gasteiger charge is -2.22. The molecule has 1 saturated heterocycles. The molecule has 2 heterocycles. The van der Waals surface area contributed by atoms with E-state index in [9.17, 15) is 24.0 Å². The van der Waals surface area contributed by atoms with Crippen LogP contribution in [0.4, 0.5) is 9.80 Å². The second kappa shape index (κ2) is 9.82. The van der Waals surface area contributed by atoms with Gasteiger partial charge in [0, 0.05) is 12.1 Å². The summed E-state index contributed by atoms with van der Waals surface area (Å²) >= 11 is 6.80. The van der Waals surface area contributed by atoms with Crippen LogP contribution in [-0.4, -0.2) is 54.8 Å². The van der Waals surface area contributed by atoms with E-state index in [-0.39, 0.29) is 22.0 Å². The Bertz CT molecular complexity index is 1180. The third kappa shape index (κ3) is 4.62. The number of carbonyl (C=O) groups excluding carboxylic acids is 5. The summed E-state index contributed by atoms with van der Waals surface area (Å²) in [4.78, 5) is 64.1. The van der Waals surface area contributed by atoms with Crippen molar-refractivity contribution < 1.29 is 28.7 Å². The van der Waals surface area contributed by atoms with Crippen LogP contribution in [0.15, 0.2) is 24.3 Å². The molecule has 0 unspecified atom stereocenters. The summed E-state index contributed by atoms with van der Waals surface area (Å²) in [6, 6.07) is 5.68. The molecule has 0 aliphatic carbocycles. The molecule has 1 aromatic heterocycles. The second-order valence-corrected chi connectivity index (χ2v) is 9.02. The van der Waals surface area contributed by atoms with Gasteiger partial charge in [-0.2, -0.15) is 0 Å². The third-order valence-corrected chi connectivity index (χ3v) is 6.77. The van der Waals surface area contributed by atoms with Crippen molar-refractivity contribution in [2.24, 2.45) is 0 Å². The first-order valence-electron chi connectivity index (χ1n) is 10.3. The number of rotatable bonds is 7. The summed E-state index contributed by atoms with van der Waals surface area (Å²) in [5.41, 5.74) is -0.471. The number of thiophene rings is 1. The van der Waals surface area contributed by atoms with Gasteiger partial charge in [-0.3, -0.25) is 19.3 Å². The van der Waals surface area contributed by atoms with Crippen LogP contribution in [-0.2, 0) is 19.9 Å². The molecule has 180 valence electrons. The van der Waals surface area contributed by atoms with E-state index in [1.54, 1.807) is 38.1 Å². The Labute approximate surface area is 204 Å². The molecular formula is C22H23ClN4O6S. The van der Waals surface area contributed by atoms with Crippen molar-refractivity contribution in [2.75, 3.05) is 25.5 Å². The second-order valence-electron chi connectivity index (χ2n) is 7.56. The predicted molar refractivity (Wildman–Crippen MR) is 126 cm³/mol. The van der Waals surface area contributed by atoms with Crippen molar-refractivity contribution in [3.63, 3.8) is 0 Å². The van der Waals surface area contributed by atoms with Gasteiger partial charge in [0.25, 0.3) is 11.8 Å². The van der Waals surface area contributed by atoms with E-state index in [0.29, 0.717) is 16.1 Å². The van der Waals surface area contributed by atoms with Crippen LogP contribution < -0.4 is 16.0 Å². The topological polar surface area (TPSA) is 134 Å². The van der Waals surface area contributed by atoms with Gasteiger partial charge in [0.2, 0.25) is 5.91 Å². The summed E-state index contributed by atoms with van der Waals surface area (Å²) in [6.07, 6.45) is 0. The standard InChI is InChI=1S/C22H23ClN4O6S/c1-5-33-19(30)15-11(2)16(17(29)24-4)34-18(15)25-14(28)10-27-20(31)22(3,26-21(27)32)12-6-8-13(23)9-7-12/h6-9H,5,10H2,1-4H3,(H,24,29)(H,25,28)(H,26,32)/t22-/m1/s1. The summed E-state index contributed by atoms with van der Waals surface area (Å²) in [5, 5.41) is 8.19. The van der Waals surface area contributed by atoms with E-state index in [1.807, 2.05) is 0 Å². The van der Waals surface area contributed by atoms with Gasteiger partial charge in [-0.15, -0.1) is 11.3 Å². The Balaban J connectivity index is 1.83. The minimum absolute atomic E-state index is 0.0435. The number of hydrogen-bond acceptors (Lipinski definition) is 7. The maximum absolute atomic E-state index is 13.1. The Hall–Kier alpha value is -3.44. The highest BCUT2D eigenvalue weighted by molar-refractivity contribution is 7.18. The largest absolute Gasteiger partial charge is 0.462 e. The van der Waals surface area contributed by atoms with Gasteiger partial charge in [0.05, 0.1) is 17.0 Å².